The van der Waals surface area contributed by atoms with Crippen molar-refractivity contribution in [2.45, 2.75) is 18.6 Å². The van der Waals surface area contributed by atoms with Gasteiger partial charge in [0, 0.05) is 30.3 Å². The van der Waals surface area contributed by atoms with Crippen LogP contribution in [0, 0.1) is 5.92 Å². The predicted molar refractivity (Wildman–Crippen MR) is 104 cm³/mol. The second-order valence-corrected chi connectivity index (χ2v) is 7.78. The van der Waals surface area contributed by atoms with Crippen LogP contribution in [0.2, 0.25) is 0 Å². The third kappa shape index (κ3) is 4.10. The van der Waals surface area contributed by atoms with Gasteiger partial charge in [-0.2, -0.15) is 11.8 Å². The first-order valence-electron chi connectivity index (χ1n) is 8.84. The minimum atomic E-state index is -0.846. The maximum absolute atomic E-state index is 12.8. The minimum absolute atomic E-state index is 0.0932. The molecule has 1 amide bonds. The van der Waals surface area contributed by atoms with E-state index in [1.807, 2.05) is 66.4 Å². The summed E-state index contributed by atoms with van der Waals surface area (Å²) in [6, 6.07) is 17.3. The van der Waals surface area contributed by atoms with Crippen LogP contribution in [0.4, 0.5) is 0 Å². The smallest absolute Gasteiger partial charge is 0.308 e. The molecular formula is C21H23NO3S. The number of aliphatic carboxylic acids is 1. The molecule has 136 valence electrons. The zero-order chi connectivity index (χ0) is 18.5. The van der Waals surface area contributed by atoms with Gasteiger partial charge in [0.1, 0.15) is 0 Å². The summed E-state index contributed by atoms with van der Waals surface area (Å²) in [4.78, 5) is 26.2. The molecule has 0 bridgehead atoms. The van der Waals surface area contributed by atoms with Gasteiger partial charge in [-0.3, -0.25) is 9.59 Å². The molecule has 0 spiro atoms. The highest BCUT2D eigenvalue weighted by Gasteiger charge is 2.40. The van der Waals surface area contributed by atoms with E-state index in [9.17, 15) is 14.7 Å². The lowest BCUT2D eigenvalue weighted by molar-refractivity contribution is -0.141. The molecule has 4 nitrogen and oxygen atoms in total. The number of nitrogens with zero attached hydrogens (tertiary/aromatic N) is 1. The van der Waals surface area contributed by atoms with Crippen molar-refractivity contribution >= 4 is 23.6 Å². The zero-order valence-corrected chi connectivity index (χ0v) is 15.6. The first kappa shape index (κ1) is 18.5. The highest BCUT2D eigenvalue weighted by molar-refractivity contribution is 7.98. The van der Waals surface area contributed by atoms with Crippen LogP contribution >= 0.6 is 11.8 Å². The van der Waals surface area contributed by atoms with E-state index in [1.54, 1.807) is 4.90 Å². The van der Waals surface area contributed by atoms with Gasteiger partial charge in [0.2, 0.25) is 0 Å². The van der Waals surface area contributed by atoms with Gasteiger partial charge >= 0.3 is 5.97 Å². The largest absolute Gasteiger partial charge is 0.481 e. The highest BCUT2D eigenvalue weighted by atomic mass is 32.2. The number of rotatable bonds is 6. The van der Waals surface area contributed by atoms with Gasteiger partial charge in [-0.1, -0.05) is 49.4 Å². The van der Waals surface area contributed by atoms with E-state index in [1.165, 1.54) is 5.56 Å². The average Bonchev–Trinajstić information content (AvgIpc) is 3.13. The number of likely N-dealkylation sites (tertiary alicyclic amines) is 1. The summed E-state index contributed by atoms with van der Waals surface area (Å²) < 4.78 is 0. The molecule has 1 saturated heterocycles. The summed E-state index contributed by atoms with van der Waals surface area (Å²) in [6.07, 6.45) is 0. The van der Waals surface area contributed by atoms with Crippen molar-refractivity contribution in [3.8, 4) is 0 Å². The van der Waals surface area contributed by atoms with Crippen LogP contribution in [-0.4, -0.2) is 40.7 Å². The third-order valence-corrected chi connectivity index (χ3v) is 5.77. The fourth-order valence-electron chi connectivity index (χ4n) is 3.40. The Morgan fingerprint density at radius 3 is 2.38 bits per heavy atom. The zero-order valence-electron chi connectivity index (χ0n) is 14.8. The lowest BCUT2D eigenvalue weighted by atomic mass is 9.89. The molecule has 1 N–H and O–H groups in total. The van der Waals surface area contributed by atoms with E-state index < -0.39 is 11.9 Å². The summed E-state index contributed by atoms with van der Waals surface area (Å²) in [5, 5.41) is 9.59. The van der Waals surface area contributed by atoms with Crippen LogP contribution in [0.15, 0.2) is 54.6 Å². The topological polar surface area (TPSA) is 57.6 Å². The molecule has 0 saturated carbocycles. The molecule has 26 heavy (non-hydrogen) atoms. The molecule has 0 unspecified atom stereocenters. The van der Waals surface area contributed by atoms with Gasteiger partial charge in [0.15, 0.2) is 0 Å². The number of carbonyl (C=O) groups excluding carboxylic acids is 1. The van der Waals surface area contributed by atoms with Crippen molar-refractivity contribution in [2.24, 2.45) is 5.92 Å². The Morgan fingerprint density at radius 2 is 1.77 bits per heavy atom. The van der Waals surface area contributed by atoms with Crippen LogP contribution in [0.1, 0.15) is 34.3 Å². The number of carboxylic acids is 1. The van der Waals surface area contributed by atoms with Crippen molar-refractivity contribution in [3.05, 3.63) is 71.3 Å². The maximum atomic E-state index is 12.8. The minimum Gasteiger partial charge on any atom is -0.481 e. The molecule has 1 aliphatic heterocycles. The Balaban J connectivity index is 1.75. The summed E-state index contributed by atoms with van der Waals surface area (Å²) in [6.45, 7) is 2.81. The molecule has 0 radical (unpaired) electrons. The quantitative estimate of drug-likeness (QED) is 0.839. The standard InChI is InChI=1S/C21H23NO3S/c1-2-26-14-15-8-10-17(11-9-15)20(23)22-12-18(19(13-22)21(24)25)16-6-4-3-5-7-16/h3-11,18-19H,2,12-14H2,1H3,(H,24,25)/t18-,19-/m0/s1. The van der Waals surface area contributed by atoms with Crippen molar-refractivity contribution in [3.63, 3.8) is 0 Å². The Bertz CT molecular complexity index is 761. The van der Waals surface area contributed by atoms with E-state index in [2.05, 4.69) is 6.92 Å². The number of benzene rings is 2. The first-order chi connectivity index (χ1) is 12.6. The Kier molecular flexibility index (Phi) is 5.99. The highest BCUT2D eigenvalue weighted by Crippen LogP contribution is 2.33. The number of thioether (sulfide) groups is 1. The van der Waals surface area contributed by atoms with Crippen LogP contribution in [-0.2, 0) is 10.5 Å². The van der Waals surface area contributed by atoms with Crippen LogP contribution in [0.3, 0.4) is 0 Å². The monoisotopic (exact) mass is 369 g/mol. The second kappa shape index (κ2) is 8.41. The van der Waals surface area contributed by atoms with Crippen molar-refractivity contribution < 1.29 is 14.7 Å². The third-order valence-electron chi connectivity index (χ3n) is 4.83. The molecule has 3 rings (SSSR count). The van der Waals surface area contributed by atoms with Gasteiger partial charge in [-0.05, 0) is 29.0 Å². The van der Waals surface area contributed by atoms with E-state index in [4.69, 9.17) is 0 Å². The number of carboxylic acid groups (broad SMARTS) is 1. The first-order valence-corrected chi connectivity index (χ1v) is 9.99. The Labute approximate surface area is 158 Å². The fourth-order valence-corrected chi connectivity index (χ4v) is 4.04. The van der Waals surface area contributed by atoms with Gasteiger partial charge in [-0.15, -0.1) is 0 Å². The Hall–Kier alpha value is -2.27. The van der Waals surface area contributed by atoms with E-state index >= 15 is 0 Å². The predicted octanol–water partition coefficient (Wildman–Crippen LogP) is 3.88. The molecule has 2 atom stereocenters. The van der Waals surface area contributed by atoms with Gasteiger partial charge < -0.3 is 10.0 Å². The van der Waals surface area contributed by atoms with E-state index in [0.717, 1.165) is 17.1 Å². The van der Waals surface area contributed by atoms with Crippen molar-refractivity contribution in [1.82, 2.24) is 4.90 Å². The van der Waals surface area contributed by atoms with Crippen molar-refractivity contribution in [2.75, 3.05) is 18.8 Å². The number of hydrogen-bond acceptors (Lipinski definition) is 3. The molecule has 2 aromatic rings. The number of hydrogen-bond donors (Lipinski definition) is 1. The van der Waals surface area contributed by atoms with E-state index in [0.29, 0.717) is 12.1 Å². The van der Waals surface area contributed by atoms with Crippen LogP contribution in [0.25, 0.3) is 0 Å². The average molecular weight is 369 g/mol. The summed E-state index contributed by atoms with van der Waals surface area (Å²) in [5.41, 5.74) is 2.79. The molecule has 1 fully saturated rings. The van der Waals surface area contributed by atoms with Crippen LogP contribution < -0.4 is 0 Å². The summed E-state index contributed by atoms with van der Waals surface area (Å²) in [7, 11) is 0. The van der Waals surface area contributed by atoms with Gasteiger partial charge in [0.05, 0.1) is 5.92 Å². The van der Waals surface area contributed by atoms with Gasteiger partial charge in [-0.25, -0.2) is 0 Å². The summed E-state index contributed by atoms with van der Waals surface area (Å²) >= 11 is 1.84. The number of amides is 1. The SMILES string of the molecule is CCSCc1ccc(C(=O)N2C[C@H](C(=O)O)[C@H](c3ccccc3)C2)cc1. The van der Waals surface area contributed by atoms with Gasteiger partial charge in [0.25, 0.3) is 5.91 Å². The lowest BCUT2D eigenvalue weighted by Crippen LogP contribution is -2.29. The lowest BCUT2D eigenvalue weighted by Gasteiger charge is -2.17. The number of carbonyl (C=O) groups is 2. The Morgan fingerprint density at radius 1 is 1.08 bits per heavy atom. The molecule has 0 aliphatic carbocycles. The normalized spacial score (nSPS) is 19.5. The maximum Gasteiger partial charge on any atom is 0.308 e. The van der Waals surface area contributed by atoms with E-state index in [-0.39, 0.29) is 18.4 Å². The summed E-state index contributed by atoms with van der Waals surface area (Å²) in [5.74, 6) is 0.322. The molecule has 0 aromatic heterocycles. The fraction of sp³-hybridized carbons (Fsp3) is 0.333. The van der Waals surface area contributed by atoms with Crippen molar-refractivity contribution in [1.29, 1.82) is 0 Å². The molecular weight excluding hydrogens is 346 g/mol. The molecule has 1 aliphatic rings. The molecule has 2 aromatic carbocycles. The second-order valence-electron chi connectivity index (χ2n) is 6.51. The van der Waals surface area contributed by atoms with Crippen LogP contribution in [0.5, 0.6) is 0 Å². The molecule has 5 heteroatoms. The molecule has 1 heterocycles.